The number of carbonyl (C=O) groups is 1. The maximum absolute atomic E-state index is 12.5. The largest absolute Gasteiger partial charge is 0.460 e. The smallest absolute Gasteiger partial charge is 0.416 e. The Morgan fingerprint density at radius 2 is 1.67 bits per heavy atom. The van der Waals surface area contributed by atoms with E-state index in [2.05, 4.69) is 4.72 Å². The lowest BCUT2D eigenvalue weighted by Crippen LogP contribution is -2.39. The van der Waals surface area contributed by atoms with E-state index < -0.39 is 33.8 Å². The van der Waals surface area contributed by atoms with Crippen LogP contribution in [0, 0.1) is 0 Å². The average Bonchev–Trinajstić information content (AvgIpc) is 2.59. The molecule has 2 rings (SSSR count). The summed E-state index contributed by atoms with van der Waals surface area (Å²) in [5, 5.41) is 0.359. The van der Waals surface area contributed by atoms with Gasteiger partial charge in [0.25, 0.3) is 0 Å². The normalized spacial score (nSPS) is 13.2. The summed E-state index contributed by atoms with van der Waals surface area (Å²) >= 11 is 5.70. The van der Waals surface area contributed by atoms with Gasteiger partial charge in [-0.15, -0.1) is 0 Å². The summed E-state index contributed by atoms with van der Waals surface area (Å²) in [6.45, 7) is 1.01. The van der Waals surface area contributed by atoms with E-state index in [0.29, 0.717) is 10.6 Å². The van der Waals surface area contributed by atoms with E-state index in [1.165, 1.54) is 43.3 Å². The summed E-state index contributed by atoms with van der Waals surface area (Å²) in [6.07, 6.45) is -4.45. The van der Waals surface area contributed by atoms with Gasteiger partial charge in [0.15, 0.2) is 0 Å². The summed E-state index contributed by atoms with van der Waals surface area (Å²) in [5.41, 5.74) is -0.481. The van der Waals surface area contributed by atoms with Crippen molar-refractivity contribution in [3.05, 3.63) is 64.7 Å². The van der Waals surface area contributed by atoms with Gasteiger partial charge in [-0.2, -0.15) is 17.9 Å². The predicted octanol–water partition coefficient (Wildman–Crippen LogP) is 3.77. The Hall–Kier alpha value is -2.10. The highest BCUT2D eigenvalue weighted by Gasteiger charge is 2.30. The topological polar surface area (TPSA) is 72.5 Å². The van der Waals surface area contributed by atoms with Crippen LogP contribution in [-0.4, -0.2) is 20.4 Å². The number of sulfonamides is 1. The molecule has 0 aromatic heterocycles. The van der Waals surface area contributed by atoms with Crippen molar-refractivity contribution in [2.24, 2.45) is 0 Å². The molecular formula is C17H15ClF3NO4S. The van der Waals surface area contributed by atoms with Gasteiger partial charge in [0, 0.05) is 5.02 Å². The Bertz CT molecular complexity index is 897. The molecule has 2 aromatic rings. The van der Waals surface area contributed by atoms with Crippen LogP contribution in [0.5, 0.6) is 0 Å². The Labute approximate surface area is 159 Å². The fourth-order valence-corrected chi connectivity index (χ4v) is 3.35. The number of nitrogens with one attached hydrogen (secondary N) is 1. The van der Waals surface area contributed by atoms with E-state index in [9.17, 15) is 26.4 Å². The lowest BCUT2D eigenvalue weighted by molar-refractivity contribution is -0.146. The number of rotatable bonds is 6. The van der Waals surface area contributed by atoms with Crippen LogP contribution in [-0.2, 0) is 32.3 Å². The lowest BCUT2D eigenvalue weighted by Gasteiger charge is -2.14. The van der Waals surface area contributed by atoms with Gasteiger partial charge in [-0.3, -0.25) is 4.79 Å². The molecule has 0 saturated heterocycles. The van der Waals surface area contributed by atoms with Crippen LogP contribution in [0.2, 0.25) is 5.02 Å². The van der Waals surface area contributed by atoms with Gasteiger partial charge in [-0.25, -0.2) is 8.42 Å². The molecule has 1 atom stereocenters. The van der Waals surface area contributed by atoms with Crippen molar-refractivity contribution in [3.8, 4) is 0 Å². The first-order valence-electron chi connectivity index (χ1n) is 7.60. The Morgan fingerprint density at radius 1 is 1.11 bits per heavy atom. The monoisotopic (exact) mass is 421 g/mol. The van der Waals surface area contributed by atoms with Crippen LogP contribution < -0.4 is 4.72 Å². The van der Waals surface area contributed by atoms with Crippen molar-refractivity contribution in [2.45, 2.75) is 30.6 Å². The first-order valence-corrected chi connectivity index (χ1v) is 9.46. The molecule has 0 unspecified atom stereocenters. The van der Waals surface area contributed by atoms with Gasteiger partial charge in [-0.1, -0.05) is 23.7 Å². The number of alkyl halides is 3. The molecule has 0 aliphatic carbocycles. The highest BCUT2D eigenvalue weighted by atomic mass is 35.5. The maximum atomic E-state index is 12.5. The van der Waals surface area contributed by atoms with Crippen LogP contribution in [0.25, 0.3) is 0 Å². The number of ether oxygens (including phenoxy) is 1. The molecule has 0 spiro atoms. The van der Waals surface area contributed by atoms with Gasteiger partial charge in [-0.05, 0) is 48.9 Å². The van der Waals surface area contributed by atoms with Crippen molar-refractivity contribution in [3.63, 3.8) is 0 Å². The molecule has 146 valence electrons. The molecule has 0 heterocycles. The molecule has 1 N–H and O–H groups in total. The average molecular weight is 422 g/mol. The standard InChI is InChI=1S/C17H15ClF3NO4S/c1-11(22-27(24,25)15-8-6-14(18)7-9-15)16(23)26-10-12-2-4-13(5-3-12)17(19,20)21/h2-9,11,22H,10H2,1H3/t11-/m0/s1. The minimum atomic E-state index is -4.45. The molecule has 5 nitrogen and oxygen atoms in total. The van der Waals surface area contributed by atoms with Gasteiger partial charge < -0.3 is 4.74 Å². The molecule has 0 aliphatic rings. The number of hydrogen-bond donors (Lipinski definition) is 1. The number of hydrogen-bond acceptors (Lipinski definition) is 4. The van der Waals surface area contributed by atoms with Gasteiger partial charge >= 0.3 is 12.1 Å². The maximum Gasteiger partial charge on any atom is 0.416 e. The third kappa shape index (κ3) is 5.95. The van der Waals surface area contributed by atoms with E-state index in [1.807, 2.05) is 0 Å². The Kier molecular flexibility index (Phi) is 6.50. The molecule has 0 amide bonds. The van der Waals surface area contributed by atoms with E-state index in [1.54, 1.807) is 0 Å². The zero-order valence-electron chi connectivity index (χ0n) is 14.0. The zero-order chi connectivity index (χ0) is 20.2. The lowest BCUT2D eigenvalue weighted by atomic mass is 10.1. The highest BCUT2D eigenvalue weighted by molar-refractivity contribution is 7.89. The van der Waals surface area contributed by atoms with Crippen LogP contribution in [0.15, 0.2) is 53.4 Å². The Morgan fingerprint density at radius 3 is 2.19 bits per heavy atom. The van der Waals surface area contributed by atoms with E-state index >= 15 is 0 Å². The fraction of sp³-hybridized carbons (Fsp3) is 0.235. The van der Waals surface area contributed by atoms with E-state index in [4.69, 9.17) is 16.3 Å². The summed E-state index contributed by atoms with van der Waals surface area (Å²) in [5.74, 6) is -0.868. The molecule has 27 heavy (non-hydrogen) atoms. The summed E-state index contributed by atoms with van der Waals surface area (Å²) in [6, 6.07) is 8.26. The molecule has 0 saturated carbocycles. The molecule has 0 fully saturated rings. The molecule has 0 radical (unpaired) electrons. The van der Waals surface area contributed by atoms with Crippen molar-refractivity contribution < 1.29 is 31.1 Å². The molecule has 0 aliphatic heterocycles. The first kappa shape index (κ1) is 21.2. The minimum absolute atomic E-state index is 0.0747. The minimum Gasteiger partial charge on any atom is -0.460 e. The third-order valence-electron chi connectivity index (χ3n) is 3.47. The molecule has 2 aromatic carbocycles. The number of esters is 1. The summed E-state index contributed by atoms with van der Waals surface area (Å²) in [4.78, 5) is 11.9. The molecular weight excluding hydrogens is 407 g/mol. The predicted molar refractivity (Wildman–Crippen MR) is 92.5 cm³/mol. The van der Waals surface area contributed by atoms with Crippen LogP contribution in [0.3, 0.4) is 0 Å². The second-order valence-electron chi connectivity index (χ2n) is 5.60. The summed E-state index contributed by atoms with van der Waals surface area (Å²) < 4.78 is 69.0. The molecule has 0 bridgehead atoms. The summed E-state index contributed by atoms with van der Waals surface area (Å²) in [7, 11) is -3.96. The molecule has 10 heteroatoms. The van der Waals surface area contributed by atoms with Crippen molar-refractivity contribution in [1.82, 2.24) is 4.72 Å². The number of carbonyl (C=O) groups excluding carboxylic acids is 1. The highest BCUT2D eigenvalue weighted by Crippen LogP contribution is 2.29. The third-order valence-corrected chi connectivity index (χ3v) is 5.28. The van der Waals surface area contributed by atoms with Crippen LogP contribution >= 0.6 is 11.6 Å². The SMILES string of the molecule is C[C@H](NS(=O)(=O)c1ccc(Cl)cc1)C(=O)OCc1ccc(C(F)(F)F)cc1. The van der Waals surface area contributed by atoms with Gasteiger partial charge in [0.2, 0.25) is 10.0 Å². The zero-order valence-corrected chi connectivity index (χ0v) is 15.5. The Balaban J connectivity index is 1.94. The van der Waals surface area contributed by atoms with E-state index in [0.717, 1.165) is 12.1 Å². The number of halogens is 4. The van der Waals surface area contributed by atoms with Gasteiger partial charge in [0.05, 0.1) is 10.5 Å². The van der Waals surface area contributed by atoms with Gasteiger partial charge in [0.1, 0.15) is 12.6 Å². The van der Waals surface area contributed by atoms with Crippen molar-refractivity contribution in [1.29, 1.82) is 0 Å². The first-order chi connectivity index (χ1) is 12.5. The van der Waals surface area contributed by atoms with Crippen LogP contribution in [0.4, 0.5) is 13.2 Å². The second kappa shape index (κ2) is 8.28. The second-order valence-corrected chi connectivity index (χ2v) is 7.75. The van der Waals surface area contributed by atoms with Crippen molar-refractivity contribution in [2.75, 3.05) is 0 Å². The van der Waals surface area contributed by atoms with Crippen molar-refractivity contribution >= 4 is 27.6 Å². The van der Waals surface area contributed by atoms with E-state index in [-0.39, 0.29) is 11.5 Å². The number of benzene rings is 2. The quantitative estimate of drug-likeness (QED) is 0.721. The fourth-order valence-electron chi connectivity index (χ4n) is 2.03. The van der Waals surface area contributed by atoms with Crippen LogP contribution in [0.1, 0.15) is 18.1 Å².